The van der Waals surface area contributed by atoms with Crippen LogP contribution in [-0.2, 0) is 0 Å². The van der Waals surface area contributed by atoms with E-state index in [0.29, 0.717) is 10.1 Å². The smallest absolute Gasteiger partial charge is 0.0804 e. The van der Waals surface area contributed by atoms with Crippen molar-refractivity contribution in [2.24, 2.45) is 0 Å². The van der Waals surface area contributed by atoms with Gasteiger partial charge in [-0.05, 0) is 18.7 Å². The Labute approximate surface area is 97.0 Å². The lowest BCUT2D eigenvalue weighted by Gasteiger charge is -2.22. The second-order valence-electron chi connectivity index (χ2n) is 3.47. The minimum Gasteiger partial charge on any atom is -0.397 e. The Bertz CT molecular complexity index is 320. The average molecular weight is 304 g/mol. The highest BCUT2D eigenvalue weighted by Crippen LogP contribution is 2.32. The fraction of sp³-hybridized carbons (Fsp3) is 0.444. The Hall–Kier alpha value is -0.400. The van der Waals surface area contributed by atoms with Crippen LogP contribution < -0.4 is 11.1 Å². The zero-order valence-electron chi connectivity index (χ0n) is 7.94. The SMILES string of the molecule is CN1CNC(I)C1c1ccncc1N. The highest BCUT2D eigenvalue weighted by atomic mass is 127. The second-order valence-corrected chi connectivity index (χ2v) is 4.81. The molecule has 2 rings (SSSR count). The van der Waals surface area contributed by atoms with Gasteiger partial charge in [0.25, 0.3) is 0 Å². The Morgan fingerprint density at radius 1 is 1.71 bits per heavy atom. The van der Waals surface area contributed by atoms with Crippen molar-refractivity contribution < 1.29 is 0 Å². The third-order valence-corrected chi connectivity index (χ3v) is 3.62. The van der Waals surface area contributed by atoms with Crippen molar-refractivity contribution in [1.82, 2.24) is 15.2 Å². The zero-order valence-corrected chi connectivity index (χ0v) is 10.1. The molecule has 0 aromatic carbocycles. The molecule has 1 aromatic heterocycles. The van der Waals surface area contributed by atoms with E-state index in [9.17, 15) is 0 Å². The molecule has 0 amide bonds. The van der Waals surface area contributed by atoms with Gasteiger partial charge in [-0.3, -0.25) is 15.2 Å². The Kier molecular flexibility index (Phi) is 2.89. The van der Waals surface area contributed by atoms with E-state index in [1.807, 2.05) is 6.07 Å². The summed E-state index contributed by atoms with van der Waals surface area (Å²) in [6, 6.07) is 2.34. The molecule has 76 valence electrons. The summed E-state index contributed by atoms with van der Waals surface area (Å²) < 4.78 is 0.405. The average Bonchev–Trinajstić information content (AvgIpc) is 2.48. The van der Waals surface area contributed by atoms with Crippen molar-refractivity contribution in [3.05, 3.63) is 24.0 Å². The van der Waals surface area contributed by atoms with Crippen LogP contribution in [0.25, 0.3) is 0 Å². The second kappa shape index (κ2) is 4.00. The van der Waals surface area contributed by atoms with Crippen LogP contribution in [0.2, 0.25) is 0 Å². The van der Waals surface area contributed by atoms with Crippen LogP contribution in [0.4, 0.5) is 5.69 Å². The van der Waals surface area contributed by atoms with Crippen LogP contribution in [0.15, 0.2) is 18.5 Å². The van der Waals surface area contributed by atoms with E-state index in [1.165, 1.54) is 0 Å². The molecular weight excluding hydrogens is 291 g/mol. The number of nitrogens with zero attached hydrogens (tertiary/aromatic N) is 2. The number of likely N-dealkylation sites (N-methyl/N-ethyl adjacent to an activating group) is 1. The molecule has 2 atom stereocenters. The number of nitrogen functional groups attached to an aromatic ring is 1. The highest BCUT2D eigenvalue weighted by molar-refractivity contribution is 14.1. The van der Waals surface area contributed by atoms with Gasteiger partial charge in [0.1, 0.15) is 0 Å². The maximum absolute atomic E-state index is 5.90. The molecule has 14 heavy (non-hydrogen) atoms. The first kappa shape index (κ1) is 10.1. The molecule has 0 radical (unpaired) electrons. The van der Waals surface area contributed by atoms with Crippen molar-refractivity contribution in [3.63, 3.8) is 0 Å². The van der Waals surface area contributed by atoms with Crippen LogP contribution in [0, 0.1) is 0 Å². The van der Waals surface area contributed by atoms with Crippen LogP contribution in [-0.4, -0.2) is 27.6 Å². The number of hydrogen-bond acceptors (Lipinski definition) is 4. The van der Waals surface area contributed by atoms with Gasteiger partial charge >= 0.3 is 0 Å². The Balaban J connectivity index is 2.34. The van der Waals surface area contributed by atoms with Gasteiger partial charge in [0.05, 0.1) is 22.0 Å². The zero-order chi connectivity index (χ0) is 10.1. The minimum atomic E-state index is 0.346. The lowest BCUT2D eigenvalue weighted by molar-refractivity contribution is 0.321. The number of alkyl halides is 1. The van der Waals surface area contributed by atoms with Crippen molar-refractivity contribution in [2.75, 3.05) is 19.5 Å². The van der Waals surface area contributed by atoms with Gasteiger partial charge in [-0.25, -0.2) is 0 Å². The van der Waals surface area contributed by atoms with Gasteiger partial charge < -0.3 is 5.73 Å². The highest BCUT2D eigenvalue weighted by Gasteiger charge is 2.31. The van der Waals surface area contributed by atoms with Crippen LogP contribution in [0.3, 0.4) is 0 Å². The maximum atomic E-state index is 5.90. The summed E-state index contributed by atoms with van der Waals surface area (Å²) in [5, 5.41) is 3.38. The predicted molar refractivity (Wildman–Crippen MR) is 65.0 cm³/mol. The van der Waals surface area contributed by atoms with Gasteiger partial charge in [0, 0.05) is 12.9 Å². The monoisotopic (exact) mass is 304 g/mol. The van der Waals surface area contributed by atoms with E-state index < -0.39 is 0 Å². The molecular formula is C9H13IN4. The first-order valence-corrected chi connectivity index (χ1v) is 5.72. The van der Waals surface area contributed by atoms with Crippen molar-refractivity contribution in [1.29, 1.82) is 0 Å². The van der Waals surface area contributed by atoms with Crippen molar-refractivity contribution >= 4 is 28.3 Å². The van der Waals surface area contributed by atoms with E-state index >= 15 is 0 Å². The molecule has 1 aliphatic rings. The molecule has 0 spiro atoms. The van der Waals surface area contributed by atoms with Crippen molar-refractivity contribution in [2.45, 2.75) is 10.1 Å². The number of nitrogens with one attached hydrogen (secondary N) is 1. The van der Waals surface area contributed by atoms with Crippen LogP contribution in [0.5, 0.6) is 0 Å². The lowest BCUT2D eigenvalue weighted by atomic mass is 10.1. The molecule has 3 N–H and O–H groups in total. The minimum absolute atomic E-state index is 0.346. The molecule has 2 unspecified atom stereocenters. The molecule has 5 heteroatoms. The molecule has 1 fully saturated rings. The van der Waals surface area contributed by atoms with E-state index in [0.717, 1.165) is 17.9 Å². The summed E-state index contributed by atoms with van der Waals surface area (Å²) in [5.41, 5.74) is 7.84. The normalized spacial score (nSPS) is 28.1. The fourth-order valence-corrected chi connectivity index (χ4v) is 2.88. The number of nitrogens with two attached hydrogens (primary N) is 1. The quantitative estimate of drug-likeness (QED) is 0.461. The van der Waals surface area contributed by atoms with Crippen LogP contribution >= 0.6 is 22.6 Å². The molecule has 2 heterocycles. The van der Waals surface area contributed by atoms with Gasteiger partial charge in [-0.15, -0.1) is 0 Å². The molecule has 0 saturated carbocycles. The Morgan fingerprint density at radius 3 is 3.07 bits per heavy atom. The van der Waals surface area contributed by atoms with Crippen LogP contribution in [0.1, 0.15) is 11.6 Å². The third-order valence-electron chi connectivity index (χ3n) is 2.49. The summed E-state index contributed by atoms with van der Waals surface area (Å²) in [7, 11) is 2.09. The summed E-state index contributed by atoms with van der Waals surface area (Å²) in [4.78, 5) is 6.25. The summed E-state index contributed by atoms with van der Waals surface area (Å²) in [6.07, 6.45) is 3.51. The first-order chi connectivity index (χ1) is 6.70. The Morgan fingerprint density at radius 2 is 2.50 bits per heavy atom. The predicted octanol–water partition coefficient (Wildman–Crippen LogP) is 0.958. The number of rotatable bonds is 1. The topological polar surface area (TPSA) is 54.2 Å². The van der Waals surface area contributed by atoms with Crippen molar-refractivity contribution in [3.8, 4) is 0 Å². The van der Waals surface area contributed by atoms with E-state index in [2.05, 4.69) is 44.8 Å². The largest absolute Gasteiger partial charge is 0.397 e. The molecule has 1 aromatic rings. The number of anilines is 1. The maximum Gasteiger partial charge on any atom is 0.0804 e. The summed E-state index contributed by atoms with van der Waals surface area (Å²) in [6.45, 7) is 0.903. The number of aromatic nitrogens is 1. The summed E-state index contributed by atoms with van der Waals surface area (Å²) >= 11 is 2.40. The fourth-order valence-electron chi connectivity index (χ4n) is 1.75. The number of halogens is 1. The van der Waals surface area contributed by atoms with E-state index in [4.69, 9.17) is 5.73 Å². The molecule has 0 bridgehead atoms. The number of pyridine rings is 1. The standard InChI is InChI=1S/C9H13IN4/c1-14-5-13-9(10)8(14)6-2-3-12-4-7(6)11/h2-4,8-9,13H,5,11H2,1H3. The first-order valence-electron chi connectivity index (χ1n) is 4.47. The van der Waals surface area contributed by atoms with E-state index in [1.54, 1.807) is 12.4 Å². The molecule has 0 aliphatic carbocycles. The van der Waals surface area contributed by atoms with Gasteiger partial charge in [0.15, 0.2) is 0 Å². The lowest BCUT2D eigenvalue weighted by Crippen LogP contribution is -2.22. The van der Waals surface area contributed by atoms with Gasteiger partial charge in [-0.1, -0.05) is 22.6 Å². The van der Waals surface area contributed by atoms with Gasteiger partial charge in [0.2, 0.25) is 0 Å². The molecule has 4 nitrogen and oxygen atoms in total. The van der Waals surface area contributed by atoms with Gasteiger partial charge in [-0.2, -0.15) is 0 Å². The third kappa shape index (κ3) is 1.71. The number of hydrogen-bond donors (Lipinski definition) is 2. The molecule has 1 saturated heterocycles. The van der Waals surface area contributed by atoms with E-state index in [-0.39, 0.29) is 0 Å². The summed E-state index contributed by atoms with van der Waals surface area (Å²) in [5.74, 6) is 0. The molecule has 1 aliphatic heterocycles.